The van der Waals surface area contributed by atoms with Gasteiger partial charge < -0.3 is 4.74 Å². The van der Waals surface area contributed by atoms with Crippen molar-refractivity contribution in [3.05, 3.63) is 64.2 Å². The van der Waals surface area contributed by atoms with Gasteiger partial charge in [-0.2, -0.15) is 0 Å². The summed E-state index contributed by atoms with van der Waals surface area (Å²) in [5, 5.41) is 3.50. The third-order valence-corrected chi connectivity index (χ3v) is 1.95. The fourth-order valence-corrected chi connectivity index (χ4v) is 1.23. The molecule has 0 spiro atoms. The van der Waals surface area contributed by atoms with Crippen molar-refractivity contribution in [1.82, 2.24) is 0 Å². The van der Waals surface area contributed by atoms with Crippen molar-refractivity contribution >= 4 is 12.0 Å². The van der Waals surface area contributed by atoms with E-state index in [0.29, 0.717) is 12.3 Å². The van der Waals surface area contributed by atoms with Gasteiger partial charge in [0.1, 0.15) is 0 Å². The number of carbonyl (C=O) groups is 1. The molecule has 0 aliphatic rings. The molecule has 0 fully saturated rings. The molecule has 92 valence electrons. The molecule has 0 bridgehead atoms. The molecule has 0 aliphatic carbocycles. The van der Waals surface area contributed by atoms with Crippen molar-refractivity contribution in [3.8, 4) is 0 Å². The van der Waals surface area contributed by atoms with Crippen LogP contribution in [0.2, 0.25) is 0 Å². The van der Waals surface area contributed by atoms with Crippen LogP contribution >= 0.6 is 0 Å². The van der Waals surface area contributed by atoms with Gasteiger partial charge in [0.25, 0.3) is 0 Å². The topological polar surface area (TPSA) is 75.1 Å². The highest BCUT2D eigenvalue weighted by molar-refractivity contribution is 5.82. The van der Waals surface area contributed by atoms with Gasteiger partial charge in [0.05, 0.1) is 6.61 Å². The van der Waals surface area contributed by atoms with E-state index in [0.717, 1.165) is 5.56 Å². The van der Waals surface area contributed by atoms with Gasteiger partial charge >= 0.3 is 5.97 Å². The van der Waals surface area contributed by atoms with Gasteiger partial charge in [0.15, 0.2) is 0 Å². The number of benzene rings is 1. The van der Waals surface area contributed by atoms with Gasteiger partial charge in [-0.25, -0.2) is 4.79 Å². The minimum absolute atomic E-state index is 0.308. The Balaban J connectivity index is 2.87. The number of carbonyl (C=O) groups excluding carboxylic acids is 1. The fourth-order valence-electron chi connectivity index (χ4n) is 1.23. The standard InChI is InChI=1S/C13H13N3O2/c1-2-18-13(17)9-8-12(15-16-14)10-11-6-4-3-5-7-11/h3-10H,2H2,1H3/b9-8+,12-10-. The minimum atomic E-state index is -0.468. The summed E-state index contributed by atoms with van der Waals surface area (Å²) in [4.78, 5) is 13.8. The van der Waals surface area contributed by atoms with E-state index in [1.54, 1.807) is 13.0 Å². The molecular formula is C13H13N3O2. The molecule has 0 saturated carbocycles. The van der Waals surface area contributed by atoms with Crippen LogP contribution in [-0.2, 0) is 9.53 Å². The molecule has 0 N–H and O–H groups in total. The van der Waals surface area contributed by atoms with Gasteiger partial charge in [0.2, 0.25) is 0 Å². The first kappa shape index (κ1) is 13.5. The molecule has 0 radical (unpaired) electrons. The summed E-state index contributed by atoms with van der Waals surface area (Å²) in [6.07, 6.45) is 4.33. The Bertz CT molecular complexity index is 500. The number of hydrogen-bond acceptors (Lipinski definition) is 3. The maximum atomic E-state index is 11.1. The predicted molar refractivity (Wildman–Crippen MR) is 69.3 cm³/mol. The zero-order valence-electron chi connectivity index (χ0n) is 9.98. The number of allylic oxidation sites excluding steroid dienone is 1. The van der Waals surface area contributed by atoms with Gasteiger partial charge in [-0.05, 0) is 30.2 Å². The van der Waals surface area contributed by atoms with Crippen molar-refractivity contribution in [2.75, 3.05) is 6.61 Å². The average Bonchev–Trinajstić information content (AvgIpc) is 2.38. The number of hydrogen-bond donors (Lipinski definition) is 0. The Morgan fingerprint density at radius 3 is 2.72 bits per heavy atom. The lowest BCUT2D eigenvalue weighted by Crippen LogP contribution is -1.98. The van der Waals surface area contributed by atoms with Crippen molar-refractivity contribution in [1.29, 1.82) is 0 Å². The average molecular weight is 243 g/mol. The summed E-state index contributed by atoms with van der Waals surface area (Å²) < 4.78 is 4.73. The predicted octanol–water partition coefficient (Wildman–Crippen LogP) is 3.46. The van der Waals surface area contributed by atoms with Gasteiger partial charge in [0, 0.05) is 16.7 Å². The minimum Gasteiger partial charge on any atom is -0.463 e. The summed E-state index contributed by atoms with van der Waals surface area (Å²) in [5.41, 5.74) is 9.68. The largest absolute Gasteiger partial charge is 0.463 e. The molecule has 0 heterocycles. The highest BCUT2D eigenvalue weighted by Crippen LogP contribution is 2.09. The number of azide groups is 1. The third-order valence-electron chi connectivity index (χ3n) is 1.95. The lowest BCUT2D eigenvalue weighted by Gasteiger charge is -1.96. The van der Waals surface area contributed by atoms with Crippen molar-refractivity contribution in [2.24, 2.45) is 5.11 Å². The fraction of sp³-hybridized carbons (Fsp3) is 0.154. The monoisotopic (exact) mass is 243 g/mol. The zero-order chi connectivity index (χ0) is 13.2. The molecule has 0 saturated heterocycles. The Kier molecular flexibility index (Phi) is 5.80. The van der Waals surface area contributed by atoms with Crippen LogP contribution in [0.15, 0.2) is 53.3 Å². The van der Waals surface area contributed by atoms with Crippen LogP contribution < -0.4 is 0 Å². The van der Waals surface area contributed by atoms with Crippen LogP contribution in [0.1, 0.15) is 12.5 Å². The summed E-state index contributed by atoms with van der Waals surface area (Å²) >= 11 is 0. The summed E-state index contributed by atoms with van der Waals surface area (Å²) in [7, 11) is 0. The van der Waals surface area contributed by atoms with Crippen molar-refractivity contribution < 1.29 is 9.53 Å². The lowest BCUT2D eigenvalue weighted by molar-refractivity contribution is -0.137. The van der Waals surface area contributed by atoms with Crippen LogP contribution in [0.4, 0.5) is 0 Å². The molecule has 5 heteroatoms. The first-order valence-corrected chi connectivity index (χ1v) is 5.43. The van der Waals surface area contributed by atoms with E-state index in [9.17, 15) is 4.79 Å². The second kappa shape index (κ2) is 7.70. The number of ether oxygens (including phenoxy) is 1. The molecule has 0 amide bonds. The van der Waals surface area contributed by atoms with Crippen LogP contribution in [0.25, 0.3) is 16.5 Å². The van der Waals surface area contributed by atoms with E-state index in [-0.39, 0.29) is 0 Å². The zero-order valence-corrected chi connectivity index (χ0v) is 9.98. The molecule has 0 aliphatic heterocycles. The summed E-state index contributed by atoms with van der Waals surface area (Å²) in [6, 6.07) is 9.36. The molecule has 0 aromatic heterocycles. The summed E-state index contributed by atoms with van der Waals surface area (Å²) in [5.74, 6) is -0.468. The molecule has 0 atom stereocenters. The Hall–Kier alpha value is -2.52. The molecular weight excluding hydrogens is 230 g/mol. The molecule has 1 aromatic rings. The molecule has 1 rings (SSSR count). The highest BCUT2D eigenvalue weighted by atomic mass is 16.5. The highest BCUT2D eigenvalue weighted by Gasteiger charge is 1.95. The van der Waals surface area contributed by atoms with Crippen molar-refractivity contribution in [3.63, 3.8) is 0 Å². The first-order valence-electron chi connectivity index (χ1n) is 5.43. The van der Waals surface area contributed by atoms with Crippen LogP contribution in [0, 0.1) is 0 Å². The van der Waals surface area contributed by atoms with E-state index in [4.69, 9.17) is 10.3 Å². The maximum absolute atomic E-state index is 11.1. The molecule has 18 heavy (non-hydrogen) atoms. The second-order valence-electron chi connectivity index (χ2n) is 3.25. The normalized spacial score (nSPS) is 11.1. The first-order chi connectivity index (χ1) is 8.76. The Morgan fingerprint density at radius 2 is 2.11 bits per heavy atom. The number of nitrogens with zero attached hydrogens (tertiary/aromatic N) is 3. The van der Waals surface area contributed by atoms with Gasteiger partial charge in [-0.1, -0.05) is 35.4 Å². The van der Waals surface area contributed by atoms with E-state index in [2.05, 4.69) is 10.0 Å². The van der Waals surface area contributed by atoms with E-state index >= 15 is 0 Å². The second-order valence-corrected chi connectivity index (χ2v) is 3.25. The SMILES string of the molecule is CCOC(=O)/C=C/C(=C/c1ccccc1)N=[N+]=[N-]. The number of esters is 1. The van der Waals surface area contributed by atoms with Crippen molar-refractivity contribution in [2.45, 2.75) is 6.92 Å². The molecule has 1 aromatic carbocycles. The van der Waals surface area contributed by atoms with E-state index < -0.39 is 5.97 Å². The quantitative estimate of drug-likeness (QED) is 0.198. The molecule has 0 unspecified atom stereocenters. The van der Waals surface area contributed by atoms with E-state index in [1.165, 1.54) is 12.2 Å². The smallest absolute Gasteiger partial charge is 0.330 e. The van der Waals surface area contributed by atoms with E-state index in [1.807, 2.05) is 30.3 Å². The Labute approximate surface area is 105 Å². The Morgan fingerprint density at radius 1 is 1.39 bits per heavy atom. The summed E-state index contributed by atoms with van der Waals surface area (Å²) in [6.45, 7) is 2.03. The third kappa shape index (κ3) is 5.01. The van der Waals surface area contributed by atoms with Crippen LogP contribution in [-0.4, -0.2) is 12.6 Å². The molecule has 5 nitrogen and oxygen atoms in total. The number of rotatable bonds is 5. The van der Waals surface area contributed by atoms with Gasteiger partial charge in [-0.15, -0.1) is 0 Å². The maximum Gasteiger partial charge on any atom is 0.330 e. The van der Waals surface area contributed by atoms with Crippen LogP contribution in [0.5, 0.6) is 0 Å². The lowest BCUT2D eigenvalue weighted by atomic mass is 10.2. The van der Waals surface area contributed by atoms with Crippen LogP contribution in [0.3, 0.4) is 0 Å². The van der Waals surface area contributed by atoms with Gasteiger partial charge in [-0.3, -0.25) is 0 Å².